The van der Waals surface area contributed by atoms with E-state index in [0.29, 0.717) is 23.2 Å². The standard InChI is InChI=1S/C18H15N3O3/c22-17(8-11-1-2-12-5-6-24-16(12)7-11)21-13-3-4-15-14(9-13)18(23)20-10-19-15/h1-4,7,9-10H,5-6,8H2,(H,21,22)(H,19,20,23). The topological polar surface area (TPSA) is 84.1 Å². The number of hydrogen-bond acceptors (Lipinski definition) is 4. The molecular formula is C18H15N3O3. The van der Waals surface area contributed by atoms with Crippen molar-refractivity contribution in [2.24, 2.45) is 0 Å². The number of rotatable bonds is 3. The molecular weight excluding hydrogens is 306 g/mol. The summed E-state index contributed by atoms with van der Waals surface area (Å²) in [6, 6.07) is 10.9. The minimum Gasteiger partial charge on any atom is -0.493 e. The van der Waals surface area contributed by atoms with Crippen LogP contribution in [-0.2, 0) is 17.6 Å². The van der Waals surface area contributed by atoms with Gasteiger partial charge in [0.2, 0.25) is 5.91 Å². The summed E-state index contributed by atoms with van der Waals surface area (Å²) >= 11 is 0. The van der Waals surface area contributed by atoms with Crippen LogP contribution in [-0.4, -0.2) is 22.5 Å². The predicted molar refractivity (Wildman–Crippen MR) is 90.3 cm³/mol. The molecule has 1 aliphatic heterocycles. The number of carbonyl (C=O) groups excluding carboxylic acids is 1. The summed E-state index contributed by atoms with van der Waals surface area (Å²) in [5, 5.41) is 3.26. The highest BCUT2D eigenvalue weighted by Gasteiger charge is 2.13. The molecule has 0 atom stereocenters. The van der Waals surface area contributed by atoms with Crippen LogP contribution in [0.3, 0.4) is 0 Å². The van der Waals surface area contributed by atoms with Crippen LogP contribution in [0, 0.1) is 0 Å². The van der Waals surface area contributed by atoms with Gasteiger partial charge in [-0.05, 0) is 35.4 Å². The molecule has 2 N–H and O–H groups in total. The Morgan fingerprint density at radius 3 is 3.08 bits per heavy atom. The van der Waals surface area contributed by atoms with E-state index in [4.69, 9.17) is 4.74 Å². The number of ether oxygens (including phenoxy) is 1. The van der Waals surface area contributed by atoms with Crippen LogP contribution < -0.4 is 15.6 Å². The maximum absolute atomic E-state index is 12.2. The average Bonchev–Trinajstić information content (AvgIpc) is 3.03. The fraction of sp³-hybridized carbons (Fsp3) is 0.167. The zero-order chi connectivity index (χ0) is 16.5. The monoisotopic (exact) mass is 321 g/mol. The van der Waals surface area contributed by atoms with Gasteiger partial charge in [-0.25, -0.2) is 4.98 Å². The van der Waals surface area contributed by atoms with Crippen molar-refractivity contribution in [2.45, 2.75) is 12.8 Å². The molecule has 0 radical (unpaired) electrons. The van der Waals surface area contributed by atoms with Gasteiger partial charge in [0.25, 0.3) is 5.56 Å². The number of benzene rings is 2. The highest BCUT2D eigenvalue weighted by atomic mass is 16.5. The van der Waals surface area contributed by atoms with Crippen molar-refractivity contribution in [1.82, 2.24) is 9.97 Å². The molecule has 2 heterocycles. The Balaban J connectivity index is 1.52. The second kappa shape index (κ2) is 5.81. The molecule has 4 rings (SSSR count). The van der Waals surface area contributed by atoms with Gasteiger partial charge in [-0.3, -0.25) is 9.59 Å². The number of fused-ring (bicyclic) bond motifs is 2. The number of H-pyrrole nitrogens is 1. The molecule has 0 saturated carbocycles. The Morgan fingerprint density at radius 2 is 2.17 bits per heavy atom. The lowest BCUT2D eigenvalue weighted by Gasteiger charge is -2.07. The molecule has 1 aliphatic rings. The molecule has 0 unspecified atom stereocenters. The lowest BCUT2D eigenvalue weighted by Crippen LogP contribution is -2.15. The second-order valence-corrected chi connectivity index (χ2v) is 5.73. The fourth-order valence-electron chi connectivity index (χ4n) is 2.86. The third kappa shape index (κ3) is 2.74. The zero-order valence-corrected chi connectivity index (χ0v) is 12.8. The molecule has 6 nitrogen and oxygen atoms in total. The maximum atomic E-state index is 12.2. The highest BCUT2D eigenvalue weighted by Crippen LogP contribution is 2.26. The van der Waals surface area contributed by atoms with E-state index < -0.39 is 0 Å². The number of nitrogens with zero attached hydrogens (tertiary/aromatic N) is 1. The summed E-state index contributed by atoms with van der Waals surface area (Å²) in [7, 11) is 0. The third-order valence-electron chi connectivity index (χ3n) is 4.05. The van der Waals surface area contributed by atoms with Gasteiger partial charge >= 0.3 is 0 Å². The molecule has 0 spiro atoms. The van der Waals surface area contributed by atoms with Gasteiger partial charge in [0.05, 0.1) is 30.3 Å². The molecule has 6 heteroatoms. The summed E-state index contributed by atoms with van der Waals surface area (Å²) in [6.07, 6.45) is 2.53. The molecule has 0 bridgehead atoms. The summed E-state index contributed by atoms with van der Waals surface area (Å²) in [4.78, 5) is 30.6. The van der Waals surface area contributed by atoms with Crippen LogP contribution >= 0.6 is 0 Å². The first-order valence-corrected chi connectivity index (χ1v) is 7.71. The van der Waals surface area contributed by atoms with Crippen LogP contribution in [0.4, 0.5) is 5.69 Å². The van der Waals surface area contributed by atoms with E-state index in [1.165, 1.54) is 11.9 Å². The average molecular weight is 321 g/mol. The Morgan fingerprint density at radius 1 is 1.25 bits per heavy atom. The van der Waals surface area contributed by atoms with E-state index in [1.807, 2.05) is 18.2 Å². The molecule has 1 aromatic heterocycles. The van der Waals surface area contributed by atoms with Crippen LogP contribution in [0.25, 0.3) is 10.9 Å². The van der Waals surface area contributed by atoms with Crippen molar-refractivity contribution in [3.05, 3.63) is 64.2 Å². The number of anilines is 1. The summed E-state index contributed by atoms with van der Waals surface area (Å²) in [5.41, 5.74) is 3.01. The van der Waals surface area contributed by atoms with Crippen molar-refractivity contribution in [2.75, 3.05) is 11.9 Å². The number of hydrogen-bond donors (Lipinski definition) is 2. The van der Waals surface area contributed by atoms with E-state index in [9.17, 15) is 9.59 Å². The smallest absolute Gasteiger partial charge is 0.258 e. The summed E-state index contributed by atoms with van der Waals surface area (Å²) in [6.45, 7) is 0.699. The van der Waals surface area contributed by atoms with Gasteiger partial charge in [0.1, 0.15) is 5.75 Å². The molecule has 0 aliphatic carbocycles. The Labute approximate surface area is 137 Å². The number of carbonyl (C=O) groups is 1. The lowest BCUT2D eigenvalue weighted by molar-refractivity contribution is -0.115. The first-order valence-electron chi connectivity index (χ1n) is 7.71. The molecule has 1 amide bonds. The highest BCUT2D eigenvalue weighted by molar-refractivity contribution is 5.94. The van der Waals surface area contributed by atoms with E-state index in [-0.39, 0.29) is 17.9 Å². The largest absolute Gasteiger partial charge is 0.493 e. The zero-order valence-electron chi connectivity index (χ0n) is 12.8. The van der Waals surface area contributed by atoms with Crippen LogP contribution in [0.5, 0.6) is 5.75 Å². The lowest BCUT2D eigenvalue weighted by atomic mass is 10.1. The molecule has 24 heavy (non-hydrogen) atoms. The summed E-state index contributed by atoms with van der Waals surface area (Å²) < 4.78 is 5.52. The molecule has 0 saturated heterocycles. The van der Waals surface area contributed by atoms with Gasteiger partial charge in [-0.1, -0.05) is 12.1 Å². The fourth-order valence-corrected chi connectivity index (χ4v) is 2.86. The minimum absolute atomic E-state index is 0.146. The predicted octanol–water partition coefficient (Wildman–Crippen LogP) is 2.04. The van der Waals surface area contributed by atoms with Gasteiger partial charge in [-0.2, -0.15) is 0 Å². The Hall–Kier alpha value is -3.15. The Bertz CT molecular complexity index is 994. The molecule has 2 aromatic carbocycles. The van der Waals surface area contributed by atoms with Gasteiger partial charge in [0.15, 0.2) is 0 Å². The van der Waals surface area contributed by atoms with Gasteiger partial charge < -0.3 is 15.0 Å². The number of aromatic amines is 1. The summed E-state index contributed by atoms with van der Waals surface area (Å²) in [5.74, 6) is 0.719. The maximum Gasteiger partial charge on any atom is 0.258 e. The quantitative estimate of drug-likeness (QED) is 0.773. The van der Waals surface area contributed by atoms with Crippen LogP contribution in [0.2, 0.25) is 0 Å². The van der Waals surface area contributed by atoms with Crippen molar-refractivity contribution in [1.29, 1.82) is 0 Å². The Kier molecular flexibility index (Phi) is 3.49. The SMILES string of the molecule is O=C(Cc1ccc2c(c1)OCC2)Nc1ccc2nc[nH]c(=O)c2c1. The number of amides is 1. The van der Waals surface area contributed by atoms with Crippen molar-refractivity contribution >= 4 is 22.5 Å². The first kappa shape index (κ1) is 14.4. The van der Waals surface area contributed by atoms with Crippen LogP contribution in [0.15, 0.2) is 47.5 Å². The number of nitrogens with one attached hydrogen (secondary N) is 2. The van der Waals surface area contributed by atoms with E-state index >= 15 is 0 Å². The van der Waals surface area contributed by atoms with Crippen molar-refractivity contribution < 1.29 is 9.53 Å². The van der Waals surface area contributed by atoms with E-state index in [2.05, 4.69) is 15.3 Å². The van der Waals surface area contributed by atoms with Gasteiger partial charge in [-0.15, -0.1) is 0 Å². The normalized spacial score (nSPS) is 12.7. The van der Waals surface area contributed by atoms with Crippen molar-refractivity contribution in [3.63, 3.8) is 0 Å². The van der Waals surface area contributed by atoms with E-state index in [1.54, 1.807) is 18.2 Å². The second-order valence-electron chi connectivity index (χ2n) is 5.73. The molecule has 0 fully saturated rings. The third-order valence-corrected chi connectivity index (χ3v) is 4.05. The molecule has 3 aromatic rings. The van der Waals surface area contributed by atoms with Gasteiger partial charge in [0, 0.05) is 12.1 Å². The van der Waals surface area contributed by atoms with E-state index in [0.717, 1.165) is 17.7 Å². The van der Waals surface area contributed by atoms with Crippen LogP contribution in [0.1, 0.15) is 11.1 Å². The first-order chi connectivity index (χ1) is 11.7. The molecule has 120 valence electrons. The minimum atomic E-state index is -0.230. The number of aromatic nitrogens is 2. The van der Waals surface area contributed by atoms with Crippen molar-refractivity contribution in [3.8, 4) is 5.75 Å².